The lowest BCUT2D eigenvalue weighted by atomic mass is 9.98. The first-order valence-electron chi connectivity index (χ1n) is 10.1. The number of carbonyl (C=O) groups is 2. The Morgan fingerprint density at radius 3 is 2.61 bits per heavy atom. The van der Waals surface area contributed by atoms with Gasteiger partial charge in [0.25, 0.3) is 11.7 Å². The molecular formula is C24H18ClNO7. The van der Waals surface area contributed by atoms with Crippen LogP contribution in [0, 0.1) is 0 Å². The van der Waals surface area contributed by atoms with Gasteiger partial charge in [-0.15, -0.1) is 0 Å². The molecule has 9 heteroatoms. The van der Waals surface area contributed by atoms with E-state index in [-0.39, 0.29) is 11.1 Å². The molecule has 33 heavy (non-hydrogen) atoms. The number of methoxy groups -OCH3 is 1. The van der Waals surface area contributed by atoms with E-state index in [1.54, 1.807) is 42.5 Å². The largest absolute Gasteiger partial charge is 0.507 e. The number of aliphatic hydroxyl groups is 1. The molecule has 0 aliphatic carbocycles. The number of aliphatic hydroxyl groups excluding tert-OH is 1. The number of amides is 1. The first kappa shape index (κ1) is 21.0. The van der Waals surface area contributed by atoms with Crippen molar-refractivity contribution >= 4 is 34.7 Å². The monoisotopic (exact) mass is 467 g/mol. The van der Waals surface area contributed by atoms with E-state index >= 15 is 0 Å². The van der Waals surface area contributed by atoms with Crippen LogP contribution in [0.2, 0.25) is 5.02 Å². The third kappa shape index (κ3) is 3.48. The van der Waals surface area contributed by atoms with Crippen LogP contribution in [-0.2, 0) is 9.59 Å². The first-order valence-corrected chi connectivity index (χ1v) is 10.5. The Bertz CT molecular complexity index is 1280. The van der Waals surface area contributed by atoms with E-state index in [0.29, 0.717) is 46.9 Å². The highest BCUT2D eigenvalue weighted by Crippen LogP contribution is 2.45. The molecule has 3 heterocycles. The molecule has 1 saturated heterocycles. The van der Waals surface area contributed by atoms with Crippen molar-refractivity contribution in [2.75, 3.05) is 25.2 Å². The molecule has 2 aliphatic heterocycles. The summed E-state index contributed by atoms with van der Waals surface area (Å²) in [5.41, 5.74) is 0.423. The van der Waals surface area contributed by atoms with E-state index in [4.69, 9.17) is 30.2 Å². The number of benzene rings is 2. The van der Waals surface area contributed by atoms with Crippen LogP contribution in [0.1, 0.15) is 17.4 Å². The van der Waals surface area contributed by atoms with Crippen molar-refractivity contribution in [2.45, 2.75) is 6.04 Å². The van der Waals surface area contributed by atoms with Crippen molar-refractivity contribution in [1.82, 2.24) is 0 Å². The normalized spacial score (nSPS) is 19.1. The van der Waals surface area contributed by atoms with Crippen molar-refractivity contribution in [3.8, 4) is 17.2 Å². The van der Waals surface area contributed by atoms with Gasteiger partial charge in [0.05, 0.1) is 24.5 Å². The topological polar surface area (TPSA) is 98.4 Å². The van der Waals surface area contributed by atoms with Crippen LogP contribution in [0.5, 0.6) is 17.2 Å². The summed E-state index contributed by atoms with van der Waals surface area (Å²) in [5.74, 6) is -0.530. The van der Waals surface area contributed by atoms with Gasteiger partial charge < -0.3 is 23.7 Å². The van der Waals surface area contributed by atoms with E-state index in [2.05, 4.69) is 0 Å². The predicted molar refractivity (Wildman–Crippen MR) is 119 cm³/mol. The molecule has 1 fully saturated rings. The second-order valence-corrected chi connectivity index (χ2v) is 7.79. The van der Waals surface area contributed by atoms with Gasteiger partial charge in [-0.05, 0) is 42.5 Å². The van der Waals surface area contributed by atoms with E-state index < -0.39 is 23.5 Å². The summed E-state index contributed by atoms with van der Waals surface area (Å²) in [7, 11) is 1.43. The Hall–Kier alpha value is -3.91. The molecule has 168 valence electrons. The maximum Gasteiger partial charge on any atom is 0.300 e. The molecule has 1 amide bonds. The van der Waals surface area contributed by atoms with E-state index in [1.807, 2.05) is 0 Å². The zero-order chi connectivity index (χ0) is 23.1. The molecule has 3 aromatic rings. The molecule has 0 saturated carbocycles. The molecule has 2 aliphatic rings. The average molecular weight is 468 g/mol. The van der Waals surface area contributed by atoms with Crippen LogP contribution in [0.15, 0.2) is 64.8 Å². The van der Waals surface area contributed by atoms with Gasteiger partial charge in [0, 0.05) is 16.8 Å². The molecule has 0 bridgehead atoms. The fourth-order valence-corrected chi connectivity index (χ4v) is 4.18. The lowest BCUT2D eigenvalue weighted by Gasteiger charge is -2.25. The molecule has 5 rings (SSSR count). The van der Waals surface area contributed by atoms with Gasteiger partial charge in [-0.2, -0.15) is 0 Å². The molecule has 0 spiro atoms. The summed E-state index contributed by atoms with van der Waals surface area (Å²) in [4.78, 5) is 27.7. The number of furan rings is 1. The third-order valence-corrected chi connectivity index (χ3v) is 5.71. The maximum atomic E-state index is 13.2. The average Bonchev–Trinajstić information content (AvgIpc) is 3.45. The zero-order valence-corrected chi connectivity index (χ0v) is 18.2. The zero-order valence-electron chi connectivity index (χ0n) is 17.4. The smallest absolute Gasteiger partial charge is 0.300 e. The van der Waals surface area contributed by atoms with Crippen molar-refractivity contribution < 1.29 is 33.3 Å². The molecule has 1 atom stereocenters. The minimum atomic E-state index is -1.02. The van der Waals surface area contributed by atoms with Crippen LogP contribution in [0.3, 0.4) is 0 Å². The summed E-state index contributed by atoms with van der Waals surface area (Å²) in [6.07, 6.45) is 1.43. The Labute approximate surface area is 193 Å². The van der Waals surface area contributed by atoms with Gasteiger partial charge in [0.1, 0.15) is 36.5 Å². The summed E-state index contributed by atoms with van der Waals surface area (Å²) in [6.45, 7) is 0.788. The molecular weight excluding hydrogens is 450 g/mol. The lowest BCUT2D eigenvalue weighted by Crippen LogP contribution is -2.29. The minimum absolute atomic E-state index is 0.148. The number of hydrogen-bond acceptors (Lipinski definition) is 7. The first-order chi connectivity index (χ1) is 16.0. The number of Topliss-reactive ketones (excluding diaryl/α,β-unsaturated/α-hetero) is 1. The molecule has 2 aromatic carbocycles. The maximum absolute atomic E-state index is 13.2. The van der Waals surface area contributed by atoms with Crippen LogP contribution < -0.4 is 19.1 Å². The molecule has 1 N–H and O–H groups in total. The quantitative estimate of drug-likeness (QED) is 0.346. The highest BCUT2D eigenvalue weighted by Gasteiger charge is 2.48. The number of carbonyl (C=O) groups excluding carboxylic acids is 2. The fraction of sp³-hybridized carbons (Fsp3) is 0.167. The van der Waals surface area contributed by atoms with Crippen molar-refractivity contribution in [3.63, 3.8) is 0 Å². The third-order valence-electron chi connectivity index (χ3n) is 5.48. The molecule has 8 nitrogen and oxygen atoms in total. The molecule has 1 unspecified atom stereocenters. The predicted octanol–water partition coefficient (Wildman–Crippen LogP) is 4.34. The van der Waals surface area contributed by atoms with Gasteiger partial charge in [0.15, 0.2) is 11.5 Å². The Kier molecular flexibility index (Phi) is 5.22. The Morgan fingerprint density at radius 1 is 1.09 bits per heavy atom. The van der Waals surface area contributed by atoms with Gasteiger partial charge >= 0.3 is 0 Å². The number of rotatable bonds is 4. The highest BCUT2D eigenvalue weighted by atomic mass is 35.5. The Morgan fingerprint density at radius 2 is 1.88 bits per heavy atom. The van der Waals surface area contributed by atoms with Crippen LogP contribution in [-0.4, -0.2) is 37.1 Å². The minimum Gasteiger partial charge on any atom is -0.507 e. The van der Waals surface area contributed by atoms with Crippen molar-refractivity contribution in [1.29, 1.82) is 0 Å². The number of fused-ring (bicyclic) bond motifs is 1. The van der Waals surface area contributed by atoms with E-state index in [1.165, 1.54) is 24.3 Å². The second-order valence-electron chi connectivity index (χ2n) is 7.36. The Balaban J connectivity index is 1.70. The van der Waals surface area contributed by atoms with Crippen LogP contribution in [0.25, 0.3) is 5.76 Å². The molecule has 0 radical (unpaired) electrons. The fourth-order valence-electron chi connectivity index (χ4n) is 4.01. The van der Waals surface area contributed by atoms with Crippen molar-refractivity contribution in [3.05, 3.63) is 76.7 Å². The summed E-state index contributed by atoms with van der Waals surface area (Å²) < 4.78 is 22.1. The molecule has 1 aromatic heterocycles. The summed E-state index contributed by atoms with van der Waals surface area (Å²) in [5, 5.41) is 11.6. The van der Waals surface area contributed by atoms with Gasteiger partial charge in [-0.1, -0.05) is 11.6 Å². The van der Waals surface area contributed by atoms with Gasteiger partial charge in [-0.25, -0.2) is 0 Å². The number of hydrogen-bond donors (Lipinski definition) is 1. The van der Waals surface area contributed by atoms with Crippen LogP contribution in [0.4, 0.5) is 5.69 Å². The van der Waals surface area contributed by atoms with Gasteiger partial charge in [0.2, 0.25) is 0 Å². The number of halogens is 1. The number of ether oxygens (including phenoxy) is 3. The van der Waals surface area contributed by atoms with Crippen molar-refractivity contribution in [2.24, 2.45) is 0 Å². The second kappa shape index (κ2) is 8.22. The lowest BCUT2D eigenvalue weighted by molar-refractivity contribution is -0.132. The van der Waals surface area contributed by atoms with Gasteiger partial charge in [-0.3, -0.25) is 14.5 Å². The van der Waals surface area contributed by atoms with E-state index in [9.17, 15) is 14.7 Å². The summed E-state index contributed by atoms with van der Waals surface area (Å²) in [6, 6.07) is 11.8. The van der Waals surface area contributed by atoms with Crippen LogP contribution >= 0.6 is 11.6 Å². The summed E-state index contributed by atoms with van der Waals surface area (Å²) >= 11 is 6.12. The van der Waals surface area contributed by atoms with E-state index in [0.717, 1.165) is 0 Å². The standard InChI is InChI=1S/C24H18ClNO7/c1-30-16-6-4-13(25)11-15(16)22(27)20-21(18-3-2-8-31-18)26(24(29)23(20)28)14-5-7-17-19(12-14)33-10-9-32-17/h2-8,11-12,21,27H,9-10H2,1H3/b22-20-. The number of ketones is 1. The number of anilines is 1. The highest BCUT2D eigenvalue weighted by molar-refractivity contribution is 6.51. The number of nitrogens with zero attached hydrogens (tertiary/aromatic N) is 1. The SMILES string of the molecule is COc1ccc(Cl)cc1/C(O)=C1/C(=O)C(=O)N(c2ccc3c(c2)OCCO3)C1c1ccco1.